The minimum atomic E-state index is -0.505. The molecular weight excluding hydrogens is 797 g/mol. The van der Waals surface area contributed by atoms with Gasteiger partial charge in [0.25, 0.3) is 0 Å². The van der Waals surface area contributed by atoms with Crippen molar-refractivity contribution in [2.45, 2.75) is 24.7 Å². The lowest BCUT2D eigenvalue weighted by Crippen LogP contribution is -2.28. The molecule has 66 heavy (non-hydrogen) atoms. The molecule has 0 aliphatic heterocycles. The molecule has 1 aromatic heterocycles. The molecular formula is C64H44N2. The Morgan fingerprint density at radius 1 is 0.348 bits per heavy atom. The standard InChI is InChI=1S/C64H44N2/c1-63(2)54-25-11-6-19-46(54)50-37-36-45(40-58(50)63)65(44-34-31-41(32-35-44)42-33-38-60-53(39-42)51-23-10-15-29-59(51)66(60)43-17-4-3-5-18-43)61-30-16-24-52-49-22-9-14-28-57(49)64(62(52)61)55-26-12-7-20-47(55)48-21-8-13-27-56(48)64/h3-40H,1-2H3. The van der Waals surface area contributed by atoms with Gasteiger partial charge in [-0.3, -0.25) is 0 Å². The number of aromatic nitrogens is 1. The van der Waals surface area contributed by atoms with Gasteiger partial charge in [-0.05, 0) is 133 Å². The number of hydrogen-bond acceptors (Lipinski definition) is 1. The Balaban J connectivity index is 0.989. The summed E-state index contributed by atoms with van der Waals surface area (Å²) >= 11 is 0. The van der Waals surface area contributed by atoms with Crippen LogP contribution < -0.4 is 4.90 Å². The molecule has 0 atom stereocenters. The van der Waals surface area contributed by atoms with Crippen LogP contribution in [0.4, 0.5) is 17.1 Å². The predicted octanol–water partition coefficient (Wildman–Crippen LogP) is 16.6. The van der Waals surface area contributed by atoms with E-state index < -0.39 is 5.41 Å². The van der Waals surface area contributed by atoms with E-state index in [1.807, 2.05) is 0 Å². The summed E-state index contributed by atoms with van der Waals surface area (Å²) in [6.07, 6.45) is 0. The average Bonchev–Trinajstić information content (AvgIpc) is 4.05. The first-order chi connectivity index (χ1) is 32.5. The summed E-state index contributed by atoms with van der Waals surface area (Å²) in [5.74, 6) is 0. The molecule has 11 aromatic rings. The van der Waals surface area contributed by atoms with Crippen LogP contribution in [0.15, 0.2) is 231 Å². The molecule has 3 aliphatic carbocycles. The third kappa shape index (κ3) is 4.91. The summed E-state index contributed by atoms with van der Waals surface area (Å²) in [6.45, 7) is 4.76. The van der Waals surface area contributed by atoms with Crippen LogP contribution in [0.25, 0.3) is 72.0 Å². The quantitative estimate of drug-likeness (QED) is 0.168. The minimum Gasteiger partial charge on any atom is -0.310 e. The van der Waals surface area contributed by atoms with E-state index in [4.69, 9.17) is 0 Å². The number of fused-ring (bicyclic) bond motifs is 16. The van der Waals surface area contributed by atoms with Gasteiger partial charge in [-0.1, -0.05) is 184 Å². The van der Waals surface area contributed by atoms with Crippen molar-refractivity contribution < 1.29 is 0 Å². The summed E-state index contributed by atoms with van der Waals surface area (Å²) in [6, 6.07) is 86.3. The fraction of sp³-hybridized carbons (Fsp3) is 0.0625. The third-order valence-corrected chi connectivity index (χ3v) is 15.2. The lowest BCUT2D eigenvalue weighted by atomic mass is 9.70. The highest BCUT2D eigenvalue weighted by Crippen LogP contribution is 2.65. The van der Waals surface area contributed by atoms with Crippen LogP contribution in [-0.4, -0.2) is 4.57 Å². The monoisotopic (exact) mass is 840 g/mol. The van der Waals surface area contributed by atoms with Crippen molar-refractivity contribution >= 4 is 38.9 Å². The first-order valence-electron chi connectivity index (χ1n) is 23.2. The maximum atomic E-state index is 2.55. The Morgan fingerprint density at radius 2 is 0.864 bits per heavy atom. The van der Waals surface area contributed by atoms with Crippen LogP contribution in [0, 0.1) is 0 Å². The van der Waals surface area contributed by atoms with Gasteiger partial charge in [-0.25, -0.2) is 0 Å². The third-order valence-electron chi connectivity index (χ3n) is 15.2. The Hall–Kier alpha value is -8.20. The van der Waals surface area contributed by atoms with Crippen molar-refractivity contribution in [3.8, 4) is 50.2 Å². The van der Waals surface area contributed by atoms with Crippen molar-refractivity contribution in [3.05, 3.63) is 264 Å². The van der Waals surface area contributed by atoms with Crippen LogP contribution in [0.3, 0.4) is 0 Å². The van der Waals surface area contributed by atoms with Crippen LogP contribution in [0.1, 0.15) is 47.2 Å². The fourth-order valence-corrected chi connectivity index (χ4v) is 12.4. The maximum Gasteiger partial charge on any atom is 0.0746 e. The molecule has 0 saturated heterocycles. The van der Waals surface area contributed by atoms with Crippen LogP contribution >= 0.6 is 0 Å². The number of benzene rings is 10. The molecule has 0 unspecified atom stereocenters. The van der Waals surface area contributed by atoms with Crippen LogP contribution in [0.5, 0.6) is 0 Å². The van der Waals surface area contributed by atoms with E-state index in [-0.39, 0.29) is 5.41 Å². The summed E-state index contributed by atoms with van der Waals surface area (Å²) in [7, 11) is 0. The summed E-state index contributed by atoms with van der Waals surface area (Å²) in [5, 5.41) is 2.51. The highest BCUT2D eigenvalue weighted by atomic mass is 15.1. The second-order valence-electron chi connectivity index (χ2n) is 18.8. The van der Waals surface area contributed by atoms with Gasteiger partial charge in [0.1, 0.15) is 0 Å². The molecule has 0 N–H and O–H groups in total. The number of hydrogen-bond donors (Lipinski definition) is 0. The largest absolute Gasteiger partial charge is 0.310 e. The second-order valence-corrected chi connectivity index (χ2v) is 18.8. The van der Waals surface area contributed by atoms with Crippen molar-refractivity contribution in [2.75, 3.05) is 4.90 Å². The van der Waals surface area contributed by atoms with E-state index in [0.717, 1.165) is 11.4 Å². The van der Waals surface area contributed by atoms with Crippen molar-refractivity contribution in [1.29, 1.82) is 0 Å². The second kappa shape index (κ2) is 13.7. The topological polar surface area (TPSA) is 8.17 Å². The van der Waals surface area contributed by atoms with Crippen molar-refractivity contribution in [1.82, 2.24) is 4.57 Å². The van der Waals surface area contributed by atoms with Gasteiger partial charge in [0.2, 0.25) is 0 Å². The minimum absolute atomic E-state index is 0.154. The van der Waals surface area contributed by atoms with Crippen molar-refractivity contribution in [2.24, 2.45) is 0 Å². The molecule has 310 valence electrons. The molecule has 1 spiro atoms. The van der Waals surface area contributed by atoms with E-state index in [9.17, 15) is 0 Å². The molecule has 0 radical (unpaired) electrons. The molecule has 0 bridgehead atoms. The number of rotatable bonds is 5. The van der Waals surface area contributed by atoms with Gasteiger partial charge in [-0.2, -0.15) is 0 Å². The fourth-order valence-electron chi connectivity index (χ4n) is 12.4. The van der Waals surface area contributed by atoms with E-state index >= 15 is 0 Å². The summed E-state index contributed by atoms with van der Waals surface area (Å²) < 4.78 is 2.39. The number of nitrogens with zero attached hydrogens (tertiary/aromatic N) is 2. The first kappa shape index (κ1) is 37.2. The Morgan fingerprint density at radius 3 is 1.56 bits per heavy atom. The predicted molar refractivity (Wildman–Crippen MR) is 275 cm³/mol. The van der Waals surface area contributed by atoms with E-state index in [2.05, 4.69) is 254 Å². The first-order valence-corrected chi connectivity index (χ1v) is 23.2. The van der Waals surface area contributed by atoms with Crippen LogP contribution in [-0.2, 0) is 10.8 Å². The zero-order valence-electron chi connectivity index (χ0n) is 36.8. The smallest absolute Gasteiger partial charge is 0.0746 e. The van der Waals surface area contributed by atoms with Gasteiger partial charge >= 0.3 is 0 Å². The van der Waals surface area contributed by atoms with Gasteiger partial charge in [-0.15, -0.1) is 0 Å². The SMILES string of the molecule is CC1(C)c2ccccc2-c2ccc(N(c3ccc(-c4ccc5c(c4)c4ccccc4n5-c4ccccc4)cc3)c3cccc4c3C3(c5ccccc5-c5ccccc53)c3ccccc3-4)cc21. The van der Waals surface area contributed by atoms with Gasteiger partial charge in [0, 0.05) is 38.8 Å². The molecule has 2 heteroatoms. The lowest BCUT2D eigenvalue weighted by Gasteiger charge is -2.36. The Bertz CT molecular complexity index is 3730. The molecule has 0 amide bonds. The number of anilines is 3. The Labute approximate surface area is 385 Å². The normalized spacial score (nSPS) is 14.2. The molecule has 0 saturated carbocycles. The van der Waals surface area contributed by atoms with E-state index in [1.165, 1.54) is 111 Å². The average molecular weight is 841 g/mol. The van der Waals surface area contributed by atoms with E-state index in [1.54, 1.807) is 0 Å². The van der Waals surface area contributed by atoms with Gasteiger partial charge < -0.3 is 9.47 Å². The molecule has 3 aliphatic rings. The molecule has 0 fully saturated rings. The summed E-state index contributed by atoms with van der Waals surface area (Å²) in [5.41, 5.74) is 24.7. The zero-order chi connectivity index (χ0) is 43.7. The molecule has 2 nitrogen and oxygen atoms in total. The molecule has 14 rings (SSSR count). The Kier molecular flexibility index (Phi) is 7.70. The summed E-state index contributed by atoms with van der Waals surface area (Å²) in [4.78, 5) is 2.55. The van der Waals surface area contributed by atoms with Gasteiger partial charge in [0.15, 0.2) is 0 Å². The van der Waals surface area contributed by atoms with Crippen LogP contribution in [0.2, 0.25) is 0 Å². The van der Waals surface area contributed by atoms with E-state index in [0.29, 0.717) is 0 Å². The zero-order valence-corrected chi connectivity index (χ0v) is 36.8. The highest BCUT2D eigenvalue weighted by Gasteiger charge is 2.53. The molecule has 1 heterocycles. The van der Waals surface area contributed by atoms with Crippen molar-refractivity contribution in [3.63, 3.8) is 0 Å². The molecule has 10 aromatic carbocycles. The lowest BCUT2D eigenvalue weighted by molar-refractivity contribution is 0.660. The highest BCUT2D eigenvalue weighted by molar-refractivity contribution is 6.10. The van der Waals surface area contributed by atoms with Gasteiger partial charge in [0.05, 0.1) is 22.1 Å². The maximum absolute atomic E-state index is 2.55. The number of para-hydroxylation sites is 2.